The molecule has 0 atom stereocenters. The molecule has 8 heteroatoms. The summed E-state index contributed by atoms with van der Waals surface area (Å²) in [5, 5.41) is 8.42. The van der Waals surface area contributed by atoms with Crippen LogP contribution >= 0.6 is 0 Å². The predicted molar refractivity (Wildman–Crippen MR) is 83.3 cm³/mol. The van der Waals surface area contributed by atoms with E-state index in [-0.39, 0.29) is 0 Å². The largest absolute Gasteiger partial charge is 0.466 e. The van der Waals surface area contributed by atoms with Crippen LogP contribution in [-0.4, -0.2) is 41.2 Å². The molecule has 0 N–H and O–H groups in total. The Morgan fingerprint density at radius 3 is 2.17 bits per heavy atom. The molecule has 1 aromatic carbocycles. The summed E-state index contributed by atoms with van der Waals surface area (Å²) in [6.07, 6.45) is 5.43. The van der Waals surface area contributed by atoms with Gasteiger partial charge in [-0.1, -0.05) is 0 Å². The third-order valence-electron chi connectivity index (χ3n) is 2.91. The van der Waals surface area contributed by atoms with Crippen LogP contribution < -0.4 is 4.90 Å². The SMILES string of the molecule is COC(=O)/C=C/N(/C=C/C(=O)OC)c1ccc2nn(C)nc2c1. The lowest BCUT2D eigenvalue weighted by atomic mass is 10.2. The third-order valence-corrected chi connectivity index (χ3v) is 2.91. The standard InChI is InChI=1S/C15H16N4O4/c1-18-16-12-5-4-11(10-13(12)17-18)19(8-6-14(20)22-2)9-7-15(21)23-3/h4-10H,1-3H3/b8-6+,9-7+. The van der Waals surface area contributed by atoms with Crippen LogP contribution in [0.25, 0.3) is 11.0 Å². The molecular formula is C15H16N4O4. The average Bonchev–Trinajstić information content (AvgIpc) is 2.93. The van der Waals surface area contributed by atoms with Gasteiger partial charge >= 0.3 is 11.9 Å². The molecule has 0 aliphatic carbocycles. The van der Waals surface area contributed by atoms with Crippen LogP contribution in [0.5, 0.6) is 0 Å². The van der Waals surface area contributed by atoms with Crippen molar-refractivity contribution >= 4 is 28.7 Å². The lowest BCUT2D eigenvalue weighted by molar-refractivity contribution is -0.135. The van der Waals surface area contributed by atoms with Crippen molar-refractivity contribution in [3.63, 3.8) is 0 Å². The Hall–Kier alpha value is -3.16. The highest BCUT2D eigenvalue weighted by molar-refractivity contribution is 5.85. The maximum absolute atomic E-state index is 11.3. The van der Waals surface area contributed by atoms with E-state index >= 15 is 0 Å². The summed E-state index contributed by atoms with van der Waals surface area (Å²) in [4.78, 5) is 25.6. The van der Waals surface area contributed by atoms with E-state index in [4.69, 9.17) is 0 Å². The van der Waals surface area contributed by atoms with Gasteiger partial charge in [0.15, 0.2) is 0 Å². The van der Waals surface area contributed by atoms with E-state index in [1.807, 2.05) is 0 Å². The van der Waals surface area contributed by atoms with Gasteiger partial charge in [0.05, 0.1) is 14.2 Å². The second-order valence-corrected chi connectivity index (χ2v) is 4.45. The molecule has 8 nitrogen and oxygen atoms in total. The van der Waals surface area contributed by atoms with Crippen molar-refractivity contribution in [3.05, 3.63) is 42.8 Å². The lowest BCUT2D eigenvalue weighted by Crippen LogP contribution is -2.10. The fourth-order valence-corrected chi connectivity index (χ4v) is 1.81. The van der Waals surface area contributed by atoms with Gasteiger partial charge in [0.25, 0.3) is 0 Å². The number of hydrogen-bond acceptors (Lipinski definition) is 7. The van der Waals surface area contributed by atoms with Crippen molar-refractivity contribution in [2.24, 2.45) is 7.05 Å². The third kappa shape index (κ3) is 4.16. The number of benzene rings is 1. The van der Waals surface area contributed by atoms with Crippen molar-refractivity contribution in [1.82, 2.24) is 15.0 Å². The number of esters is 2. The minimum absolute atomic E-state index is 0.512. The summed E-state index contributed by atoms with van der Waals surface area (Å²) in [5.74, 6) is -1.02. The maximum atomic E-state index is 11.3. The van der Waals surface area contributed by atoms with Gasteiger partial charge in [-0.2, -0.15) is 15.0 Å². The first-order chi connectivity index (χ1) is 11.0. The van der Waals surface area contributed by atoms with Gasteiger partial charge < -0.3 is 14.4 Å². The molecule has 23 heavy (non-hydrogen) atoms. The average molecular weight is 316 g/mol. The van der Waals surface area contributed by atoms with Crippen LogP contribution in [0.4, 0.5) is 5.69 Å². The van der Waals surface area contributed by atoms with Gasteiger partial charge in [0.1, 0.15) is 11.0 Å². The van der Waals surface area contributed by atoms with Crippen LogP contribution in [0.2, 0.25) is 0 Å². The van der Waals surface area contributed by atoms with Crippen LogP contribution in [-0.2, 0) is 26.1 Å². The molecule has 1 heterocycles. The lowest BCUT2D eigenvalue weighted by Gasteiger charge is -2.15. The maximum Gasteiger partial charge on any atom is 0.331 e. The number of ether oxygens (including phenoxy) is 2. The van der Waals surface area contributed by atoms with E-state index < -0.39 is 11.9 Å². The van der Waals surface area contributed by atoms with Crippen molar-refractivity contribution in [3.8, 4) is 0 Å². The normalized spacial score (nSPS) is 11.3. The molecule has 2 rings (SSSR count). The molecule has 1 aromatic heterocycles. The first-order valence-corrected chi connectivity index (χ1v) is 6.65. The molecule has 120 valence electrons. The molecule has 0 aliphatic rings. The number of anilines is 1. The summed E-state index contributed by atoms with van der Waals surface area (Å²) in [6, 6.07) is 5.37. The van der Waals surface area contributed by atoms with Crippen LogP contribution in [0.15, 0.2) is 42.8 Å². The van der Waals surface area contributed by atoms with Crippen LogP contribution in [0.3, 0.4) is 0 Å². The smallest absolute Gasteiger partial charge is 0.331 e. The number of carbonyl (C=O) groups excluding carboxylic acids is 2. The Kier molecular flexibility index (Phi) is 5.08. The zero-order valence-electron chi connectivity index (χ0n) is 13.0. The summed E-state index contributed by atoms with van der Waals surface area (Å²) in [5.41, 5.74) is 2.12. The van der Waals surface area contributed by atoms with Crippen molar-refractivity contribution in [2.75, 3.05) is 19.1 Å². The molecule has 0 aliphatic heterocycles. The second-order valence-electron chi connectivity index (χ2n) is 4.45. The fraction of sp³-hybridized carbons (Fsp3) is 0.200. The molecule has 0 bridgehead atoms. The van der Waals surface area contributed by atoms with Crippen molar-refractivity contribution in [1.29, 1.82) is 0 Å². The van der Waals surface area contributed by atoms with Crippen LogP contribution in [0, 0.1) is 0 Å². The van der Waals surface area contributed by atoms with E-state index in [9.17, 15) is 9.59 Å². The molecule has 0 saturated heterocycles. The molecule has 0 radical (unpaired) electrons. The first kappa shape index (κ1) is 16.2. The van der Waals surface area contributed by atoms with Gasteiger partial charge in [-0.05, 0) is 18.2 Å². The van der Waals surface area contributed by atoms with E-state index in [1.165, 1.54) is 43.6 Å². The Balaban J connectivity index is 2.36. The van der Waals surface area contributed by atoms with Crippen LogP contribution in [0.1, 0.15) is 0 Å². The first-order valence-electron chi connectivity index (χ1n) is 6.65. The minimum Gasteiger partial charge on any atom is -0.466 e. The number of fused-ring (bicyclic) bond motifs is 1. The highest BCUT2D eigenvalue weighted by atomic mass is 16.5. The number of aryl methyl sites for hydroxylation is 1. The van der Waals surface area contributed by atoms with Crippen molar-refractivity contribution in [2.45, 2.75) is 0 Å². The van der Waals surface area contributed by atoms with Gasteiger partial charge in [-0.15, -0.1) is 0 Å². The Labute approximate surface area is 132 Å². The number of carbonyl (C=O) groups is 2. The molecule has 0 amide bonds. The zero-order chi connectivity index (χ0) is 16.8. The molecule has 0 saturated carbocycles. The second kappa shape index (κ2) is 7.21. The quantitative estimate of drug-likeness (QED) is 0.604. The number of nitrogens with zero attached hydrogens (tertiary/aromatic N) is 4. The molecule has 2 aromatic rings. The van der Waals surface area contributed by atoms with E-state index in [2.05, 4.69) is 19.7 Å². The summed E-state index contributed by atoms with van der Waals surface area (Å²) in [6.45, 7) is 0. The molecule has 0 unspecified atom stereocenters. The number of hydrogen-bond donors (Lipinski definition) is 0. The summed E-state index contributed by atoms with van der Waals surface area (Å²) >= 11 is 0. The number of methoxy groups -OCH3 is 2. The topological polar surface area (TPSA) is 86.5 Å². The summed E-state index contributed by atoms with van der Waals surface area (Å²) < 4.78 is 9.13. The highest BCUT2D eigenvalue weighted by Gasteiger charge is 2.06. The van der Waals surface area contributed by atoms with Gasteiger partial charge in [-0.3, -0.25) is 0 Å². The Morgan fingerprint density at radius 1 is 1.04 bits per heavy atom. The molecular weight excluding hydrogens is 300 g/mol. The van der Waals surface area contributed by atoms with Crippen molar-refractivity contribution < 1.29 is 19.1 Å². The Morgan fingerprint density at radius 2 is 1.61 bits per heavy atom. The fourth-order valence-electron chi connectivity index (χ4n) is 1.81. The van der Waals surface area contributed by atoms with Gasteiger partial charge in [0, 0.05) is 37.3 Å². The number of rotatable bonds is 5. The van der Waals surface area contributed by atoms with E-state index in [0.717, 1.165) is 5.52 Å². The molecule has 0 fully saturated rings. The summed E-state index contributed by atoms with van der Waals surface area (Å²) in [7, 11) is 4.30. The zero-order valence-corrected chi connectivity index (χ0v) is 13.0. The highest BCUT2D eigenvalue weighted by Crippen LogP contribution is 2.20. The van der Waals surface area contributed by atoms with Gasteiger partial charge in [-0.25, -0.2) is 9.59 Å². The monoisotopic (exact) mass is 316 g/mol. The van der Waals surface area contributed by atoms with Gasteiger partial charge in [0.2, 0.25) is 0 Å². The van der Waals surface area contributed by atoms with E-state index in [1.54, 1.807) is 30.1 Å². The van der Waals surface area contributed by atoms with E-state index in [0.29, 0.717) is 11.2 Å². The minimum atomic E-state index is -0.512. The predicted octanol–water partition coefficient (Wildman–Crippen LogP) is 1.15. The Bertz CT molecular complexity index is 753. The molecule has 0 spiro atoms. The number of aromatic nitrogens is 3.